The molecule has 0 N–H and O–H groups in total. The summed E-state index contributed by atoms with van der Waals surface area (Å²) in [4.78, 5) is 14.4. The van der Waals surface area contributed by atoms with Crippen molar-refractivity contribution in [2.45, 2.75) is 5.37 Å². The van der Waals surface area contributed by atoms with Crippen molar-refractivity contribution in [3.05, 3.63) is 61.0 Å². The van der Waals surface area contributed by atoms with E-state index in [0.717, 1.165) is 11.3 Å². The van der Waals surface area contributed by atoms with Crippen LogP contribution >= 0.6 is 69.8 Å². The number of nitrogens with zero attached hydrogens (tertiary/aromatic N) is 1. The van der Waals surface area contributed by atoms with Crippen LogP contribution in [0.25, 0.3) is 0 Å². The number of carbonyl (C=O) groups excluding carboxylic acids is 1. The molecule has 3 nitrogen and oxygen atoms in total. The van der Waals surface area contributed by atoms with Crippen LogP contribution in [0.1, 0.15) is 10.9 Å². The molecule has 0 radical (unpaired) electrons. The smallest absolute Gasteiger partial charge is 0.261 e. The predicted molar refractivity (Wildman–Crippen MR) is 110 cm³/mol. The van der Waals surface area contributed by atoms with Gasteiger partial charge in [0.05, 0.1) is 20.1 Å². The van der Waals surface area contributed by atoms with E-state index in [9.17, 15) is 4.79 Å². The largest absolute Gasteiger partial charge is 0.481 e. The molecule has 1 amide bonds. The molecule has 1 aliphatic rings. The third kappa shape index (κ3) is 4.49. The van der Waals surface area contributed by atoms with E-state index in [1.807, 2.05) is 6.07 Å². The summed E-state index contributed by atoms with van der Waals surface area (Å²) in [5.41, 5.74) is 0.915. The molecular formula is C17H12Cl5NO2S. The first-order valence-electron chi connectivity index (χ1n) is 7.50. The molecule has 9 heteroatoms. The summed E-state index contributed by atoms with van der Waals surface area (Å²) in [5.74, 6) is 0.885. The third-order valence-electron chi connectivity index (χ3n) is 3.74. The maximum Gasteiger partial charge on any atom is 0.261 e. The van der Waals surface area contributed by atoms with Crippen molar-refractivity contribution in [3.8, 4) is 5.75 Å². The van der Waals surface area contributed by atoms with Gasteiger partial charge in [-0.1, -0.05) is 64.1 Å². The van der Waals surface area contributed by atoms with E-state index in [4.69, 9.17) is 62.7 Å². The summed E-state index contributed by atoms with van der Waals surface area (Å²) in [6.45, 7) is 0.430. The van der Waals surface area contributed by atoms with E-state index < -0.39 is 0 Å². The molecule has 0 bridgehead atoms. The van der Waals surface area contributed by atoms with Crippen LogP contribution in [0, 0.1) is 0 Å². The Balaban J connectivity index is 1.72. The van der Waals surface area contributed by atoms with Gasteiger partial charge >= 0.3 is 0 Å². The minimum atomic E-state index is -0.181. The van der Waals surface area contributed by atoms with E-state index in [1.165, 1.54) is 12.1 Å². The molecule has 26 heavy (non-hydrogen) atoms. The minimum Gasteiger partial charge on any atom is -0.481 e. The highest BCUT2D eigenvalue weighted by molar-refractivity contribution is 7.99. The molecule has 1 atom stereocenters. The molecule has 1 heterocycles. The number of carbonyl (C=O) groups is 1. The van der Waals surface area contributed by atoms with Gasteiger partial charge in [0.15, 0.2) is 12.4 Å². The van der Waals surface area contributed by atoms with Crippen LogP contribution in [0.3, 0.4) is 0 Å². The van der Waals surface area contributed by atoms with Crippen LogP contribution in [0.2, 0.25) is 25.1 Å². The summed E-state index contributed by atoms with van der Waals surface area (Å²) < 4.78 is 5.55. The Morgan fingerprint density at radius 3 is 2.38 bits per heavy atom. The average Bonchev–Trinajstić information content (AvgIpc) is 3.06. The molecule has 3 rings (SSSR count). The van der Waals surface area contributed by atoms with Crippen molar-refractivity contribution >= 4 is 75.7 Å². The summed E-state index contributed by atoms with van der Waals surface area (Å²) in [6.07, 6.45) is 0. The van der Waals surface area contributed by atoms with Crippen LogP contribution < -0.4 is 4.74 Å². The van der Waals surface area contributed by atoms with E-state index in [2.05, 4.69) is 0 Å². The number of ether oxygens (including phenoxy) is 1. The highest BCUT2D eigenvalue weighted by Gasteiger charge is 2.31. The Labute approximate surface area is 180 Å². The fourth-order valence-corrected chi connectivity index (χ4v) is 5.05. The van der Waals surface area contributed by atoms with Gasteiger partial charge in [-0.3, -0.25) is 4.79 Å². The maximum atomic E-state index is 12.7. The number of hydrogen-bond acceptors (Lipinski definition) is 3. The standard InChI is InChI=1S/C17H12Cl5NO2S/c18-10-6-13(21)16(14(22)7-10)25-8-15(24)23-3-4-26-17(23)9-1-2-11(19)12(20)5-9/h1-2,5-7,17H,3-4,8H2/t17-/m1/s1. The van der Waals surface area contributed by atoms with Crippen molar-refractivity contribution in [3.63, 3.8) is 0 Å². The van der Waals surface area contributed by atoms with Crippen molar-refractivity contribution in [1.29, 1.82) is 0 Å². The molecule has 0 unspecified atom stereocenters. The van der Waals surface area contributed by atoms with Gasteiger partial charge < -0.3 is 9.64 Å². The summed E-state index contributed by atoms with van der Waals surface area (Å²) >= 11 is 31.8. The molecular weight excluding hydrogens is 460 g/mol. The Bertz CT molecular complexity index is 825. The predicted octanol–water partition coefficient (Wildman–Crippen LogP) is 6.61. The molecule has 0 spiro atoms. The zero-order valence-corrected chi connectivity index (χ0v) is 17.7. The lowest BCUT2D eigenvalue weighted by Gasteiger charge is -2.24. The fourth-order valence-electron chi connectivity index (χ4n) is 2.55. The quantitative estimate of drug-likeness (QED) is 0.503. The van der Waals surface area contributed by atoms with Gasteiger partial charge in [-0.15, -0.1) is 11.8 Å². The van der Waals surface area contributed by atoms with Gasteiger partial charge in [-0.2, -0.15) is 0 Å². The second-order valence-corrected chi connectivity index (χ2v) is 8.72. The monoisotopic (exact) mass is 469 g/mol. The van der Waals surface area contributed by atoms with E-state index >= 15 is 0 Å². The van der Waals surface area contributed by atoms with Gasteiger partial charge in [0, 0.05) is 17.3 Å². The summed E-state index contributed by atoms with van der Waals surface area (Å²) in [6, 6.07) is 8.40. The molecule has 1 fully saturated rings. The molecule has 1 saturated heterocycles. The van der Waals surface area contributed by atoms with Crippen LogP contribution in [0.15, 0.2) is 30.3 Å². The zero-order chi connectivity index (χ0) is 18.8. The Kier molecular flexibility index (Phi) is 6.76. The van der Waals surface area contributed by atoms with E-state index in [-0.39, 0.29) is 33.7 Å². The number of amides is 1. The third-order valence-corrected chi connectivity index (χ3v) is 6.52. The minimum absolute atomic E-state index is 0.142. The van der Waals surface area contributed by atoms with Crippen LogP contribution in [-0.2, 0) is 4.79 Å². The number of thioether (sulfide) groups is 1. The van der Waals surface area contributed by atoms with Crippen molar-refractivity contribution in [2.24, 2.45) is 0 Å². The molecule has 1 aliphatic heterocycles. The molecule has 0 aromatic heterocycles. The Hall–Kier alpha value is -0.490. The van der Waals surface area contributed by atoms with Crippen LogP contribution in [-0.4, -0.2) is 29.7 Å². The van der Waals surface area contributed by atoms with Crippen molar-refractivity contribution in [2.75, 3.05) is 18.9 Å². The van der Waals surface area contributed by atoms with Crippen LogP contribution in [0.4, 0.5) is 0 Å². The number of hydrogen-bond donors (Lipinski definition) is 0. The van der Waals surface area contributed by atoms with E-state index in [0.29, 0.717) is 21.6 Å². The van der Waals surface area contributed by atoms with Gasteiger partial charge in [0.1, 0.15) is 5.37 Å². The Morgan fingerprint density at radius 2 is 1.73 bits per heavy atom. The molecule has 0 aliphatic carbocycles. The summed E-state index contributed by atoms with van der Waals surface area (Å²) in [5, 5.41) is 1.71. The SMILES string of the molecule is O=C(COc1c(Cl)cc(Cl)cc1Cl)N1CCS[C@@H]1c1ccc(Cl)c(Cl)c1. The molecule has 2 aromatic rings. The number of benzene rings is 2. The lowest BCUT2D eigenvalue weighted by Crippen LogP contribution is -2.34. The van der Waals surface area contributed by atoms with Gasteiger partial charge in [-0.25, -0.2) is 0 Å². The lowest BCUT2D eigenvalue weighted by atomic mass is 10.2. The van der Waals surface area contributed by atoms with Gasteiger partial charge in [0.2, 0.25) is 0 Å². The second kappa shape index (κ2) is 8.68. The molecule has 2 aromatic carbocycles. The highest BCUT2D eigenvalue weighted by Crippen LogP contribution is 2.40. The van der Waals surface area contributed by atoms with Crippen molar-refractivity contribution < 1.29 is 9.53 Å². The highest BCUT2D eigenvalue weighted by atomic mass is 35.5. The summed E-state index contributed by atoms with van der Waals surface area (Å²) in [7, 11) is 0. The fraction of sp³-hybridized carbons (Fsp3) is 0.235. The molecule has 138 valence electrons. The first-order valence-corrected chi connectivity index (χ1v) is 10.4. The first kappa shape index (κ1) is 20.2. The maximum absolute atomic E-state index is 12.7. The second-order valence-electron chi connectivity index (χ2n) is 5.47. The van der Waals surface area contributed by atoms with Crippen molar-refractivity contribution in [1.82, 2.24) is 4.90 Å². The normalized spacial score (nSPS) is 16.8. The number of halogens is 5. The van der Waals surface area contributed by atoms with Gasteiger partial charge in [0.25, 0.3) is 5.91 Å². The lowest BCUT2D eigenvalue weighted by molar-refractivity contribution is -0.133. The topological polar surface area (TPSA) is 29.5 Å². The Morgan fingerprint density at radius 1 is 1.04 bits per heavy atom. The van der Waals surface area contributed by atoms with E-state index in [1.54, 1.807) is 28.8 Å². The van der Waals surface area contributed by atoms with Gasteiger partial charge in [-0.05, 0) is 29.8 Å². The first-order chi connectivity index (χ1) is 12.4. The number of rotatable bonds is 4. The average molecular weight is 472 g/mol. The van der Waals surface area contributed by atoms with Crippen LogP contribution in [0.5, 0.6) is 5.75 Å². The molecule has 0 saturated carbocycles. The zero-order valence-electron chi connectivity index (χ0n) is 13.1.